The molecule has 1 atom stereocenters. The molecule has 2 amide bonds. The van der Waals surface area contributed by atoms with Crippen molar-refractivity contribution in [3.8, 4) is 11.4 Å². The smallest absolute Gasteiger partial charge is 0.242 e. The summed E-state index contributed by atoms with van der Waals surface area (Å²) in [6.45, 7) is 2.49. The molecule has 7 nitrogen and oxygen atoms in total. The van der Waals surface area contributed by atoms with Gasteiger partial charge in [-0.3, -0.25) is 9.59 Å². The predicted molar refractivity (Wildman–Crippen MR) is 109 cm³/mol. The molecule has 0 saturated carbocycles. The van der Waals surface area contributed by atoms with Crippen LogP contribution >= 0.6 is 0 Å². The summed E-state index contributed by atoms with van der Waals surface area (Å²) in [5, 5.41) is 7.46. The first-order valence-electron chi connectivity index (χ1n) is 9.54. The van der Waals surface area contributed by atoms with Crippen molar-refractivity contribution in [1.29, 1.82) is 0 Å². The zero-order chi connectivity index (χ0) is 20.2. The molecule has 146 valence electrons. The molecule has 0 aliphatic carbocycles. The Morgan fingerprint density at radius 2 is 1.86 bits per heavy atom. The summed E-state index contributed by atoms with van der Waals surface area (Å²) >= 11 is 0. The lowest BCUT2D eigenvalue weighted by atomic mass is 9.72. The molecule has 2 aromatic carbocycles. The number of anilines is 2. The number of benzene rings is 2. The lowest BCUT2D eigenvalue weighted by Gasteiger charge is -2.32. The fourth-order valence-electron chi connectivity index (χ4n) is 4.48. The minimum atomic E-state index is -1.05. The molecule has 1 N–H and O–H groups in total. The number of para-hydroxylation sites is 1. The van der Waals surface area contributed by atoms with E-state index in [9.17, 15) is 9.59 Å². The Morgan fingerprint density at radius 1 is 1.10 bits per heavy atom. The summed E-state index contributed by atoms with van der Waals surface area (Å²) in [6, 6.07) is 15.1. The van der Waals surface area contributed by atoms with E-state index in [1.165, 1.54) is 0 Å². The monoisotopic (exact) mass is 388 g/mol. The van der Waals surface area contributed by atoms with Gasteiger partial charge in [0.1, 0.15) is 17.0 Å². The van der Waals surface area contributed by atoms with Crippen LogP contribution in [0.5, 0.6) is 5.75 Å². The minimum absolute atomic E-state index is 0.0701. The highest BCUT2D eigenvalue weighted by molar-refractivity contribution is 6.15. The fraction of sp³-hybridized carbons (Fsp3) is 0.227. The van der Waals surface area contributed by atoms with Crippen LogP contribution in [0.3, 0.4) is 0 Å². The maximum atomic E-state index is 13.6. The Balaban J connectivity index is 1.72. The van der Waals surface area contributed by atoms with Crippen LogP contribution in [0.1, 0.15) is 24.5 Å². The summed E-state index contributed by atoms with van der Waals surface area (Å²) in [6.07, 6.45) is 1.77. The lowest BCUT2D eigenvalue weighted by Crippen LogP contribution is -2.46. The van der Waals surface area contributed by atoms with Gasteiger partial charge in [-0.25, -0.2) is 4.68 Å². The molecule has 5 rings (SSSR count). The summed E-state index contributed by atoms with van der Waals surface area (Å²) in [4.78, 5) is 28.1. The van der Waals surface area contributed by atoms with E-state index in [1.807, 2.05) is 55.5 Å². The number of aromatic nitrogens is 2. The minimum Gasteiger partial charge on any atom is -0.497 e. The molecule has 29 heavy (non-hydrogen) atoms. The molecule has 2 aliphatic rings. The van der Waals surface area contributed by atoms with Crippen molar-refractivity contribution in [3.63, 3.8) is 0 Å². The average Bonchev–Trinajstić information content (AvgIpc) is 3.27. The van der Waals surface area contributed by atoms with Crippen LogP contribution in [0, 0.1) is 0 Å². The third-order valence-corrected chi connectivity index (χ3v) is 5.81. The second-order valence-corrected chi connectivity index (χ2v) is 7.21. The Labute approximate surface area is 167 Å². The van der Waals surface area contributed by atoms with Gasteiger partial charge in [-0.15, -0.1) is 0 Å². The highest BCUT2D eigenvalue weighted by Gasteiger charge is 2.56. The molecular formula is C22H20N4O3. The molecular weight excluding hydrogens is 368 g/mol. The topological polar surface area (TPSA) is 76.5 Å². The van der Waals surface area contributed by atoms with Crippen molar-refractivity contribution in [2.45, 2.75) is 18.8 Å². The summed E-state index contributed by atoms with van der Waals surface area (Å²) in [7, 11) is 1.61. The molecule has 3 aromatic rings. The number of nitrogens with zero attached hydrogens (tertiary/aromatic N) is 3. The molecule has 0 saturated heterocycles. The molecule has 1 unspecified atom stereocenters. The zero-order valence-electron chi connectivity index (χ0n) is 16.2. The van der Waals surface area contributed by atoms with Gasteiger partial charge in [-0.05, 0) is 42.8 Å². The van der Waals surface area contributed by atoms with Gasteiger partial charge in [0.25, 0.3) is 0 Å². The van der Waals surface area contributed by atoms with Crippen molar-refractivity contribution < 1.29 is 14.3 Å². The van der Waals surface area contributed by atoms with Crippen molar-refractivity contribution in [2.24, 2.45) is 0 Å². The molecule has 1 spiro atoms. The Kier molecular flexibility index (Phi) is 3.74. The Bertz CT molecular complexity index is 1140. The van der Waals surface area contributed by atoms with Crippen LogP contribution in [-0.4, -0.2) is 35.2 Å². The van der Waals surface area contributed by atoms with Gasteiger partial charge >= 0.3 is 0 Å². The number of methoxy groups -OCH3 is 1. The standard InChI is InChI=1S/C22H20N4O3/c1-3-25-18-7-5-4-6-16(18)22(21(25)28)12-19(27)24-20-17(22)13-23-26(20)14-8-10-15(29-2)11-9-14/h4-11,13H,3,12H2,1-2H3,(H,24,27). The summed E-state index contributed by atoms with van der Waals surface area (Å²) in [5.74, 6) is 0.988. The Morgan fingerprint density at radius 3 is 2.59 bits per heavy atom. The van der Waals surface area contributed by atoms with E-state index in [4.69, 9.17) is 4.74 Å². The number of carbonyl (C=O) groups excluding carboxylic acids is 2. The number of hydrogen-bond donors (Lipinski definition) is 1. The SMILES string of the molecule is CCN1C(=O)C2(CC(=O)Nc3c2cnn3-c2ccc(OC)cc2)c2ccccc21. The van der Waals surface area contributed by atoms with Gasteiger partial charge in [-0.1, -0.05) is 18.2 Å². The van der Waals surface area contributed by atoms with Crippen LogP contribution in [0.2, 0.25) is 0 Å². The normalized spacial score (nSPS) is 19.9. The van der Waals surface area contributed by atoms with Crippen molar-refractivity contribution in [1.82, 2.24) is 9.78 Å². The maximum Gasteiger partial charge on any atom is 0.242 e. The number of rotatable bonds is 3. The predicted octanol–water partition coefficient (Wildman–Crippen LogP) is 2.88. The lowest BCUT2D eigenvalue weighted by molar-refractivity contribution is -0.126. The average molecular weight is 388 g/mol. The molecule has 1 aromatic heterocycles. The van der Waals surface area contributed by atoms with Crippen molar-refractivity contribution in [2.75, 3.05) is 23.9 Å². The molecule has 7 heteroatoms. The summed E-state index contributed by atoms with van der Waals surface area (Å²) < 4.78 is 6.88. The van der Waals surface area contributed by atoms with Crippen LogP contribution in [0.25, 0.3) is 5.69 Å². The number of amides is 2. The largest absolute Gasteiger partial charge is 0.497 e. The van der Waals surface area contributed by atoms with E-state index in [2.05, 4.69) is 10.4 Å². The molecule has 0 fully saturated rings. The maximum absolute atomic E-state index is 13.6. The van der Waals surface area contributed by atoms with Crippen molar-refractivity contribution in [3.05, 3.63) is 65.9 Å². The molecule has 3 heterocycles. The number of carbonyl (C=O) groups is 2. The fourth-order valence-corrected chi connectivity index (χ4v) is 4.48. The molecule has 0 radical (unpaired) electrons. The highest BCUT2D eigenvalue weighted by Crippen LogP contribution is 2.52. The van der Waals surface area contributed by atoms with E-state index in [-0.39, 0.29) is 18.2 Å². The first-order chi connectivity index (χ1) is 14.1. The first-order valence-corrected chi connectivity index (χ1v) is 9.54. The zero-order valence-corrected chi connectivity index (χ0v) is 16.2. The van der Waals surface area contributed by atoms with Gasteiger partial charge < -0.3 is 15.0 Å². The van der Waals surface area contributed by atoms with Crippen LogP contribution in [0.4, 0.5) is 11.5 Å². The first kappa shape index (κ1) is 17.5. The van der Waals surface area contributed by atoms with Gasteiger partial charge in [0.2, 0.25) is 11.8 Å². The number of fused-ring (bicyclic) bond motifs is 4. The van der Waals surface area contributed by atoms with Crippen molar-refractivity contribution >= 4 is 23.3 Å². The van der Waals surface area contributed by atoms with Crippen LogP contribution in [0.15, 0.2) is 54.7 Å². The van der Waals surface area contributed by atoms with Gasteiger partial charge in [0.05, 0.1) is 19.0 Å². The van der Waals surface area contributed by atoms with E-state index in [0.717, 1.165) is 28.3 Å². The Hall–Kier alpha value is -3.61. The van der Waals surface area contributed by atoms with E-state index < -0.39 is 5.41 Å². The van der Waals surface area contributed by atoms with Gasteiger partial charge in [0, 0.05) is 24.2 Å². The van der Waals surface area contributed by atoms with Crippen LogP contribution < -0.4 is 15.0 Å². The molecule has 0 bridgehead atoms. The van der Waals surface area contributed by atoms with Gasteiger partial charge in [-0.2, -0.15) is 5.10 Å². The number of hydrogen-bond acceptors (Lipinski definition) is 4. The second kappa shape index (κ2) is 6.20. The molecule has 2 aliphatic heterocycles. The number of ether oxygens (including phenoxy) is 1. The van der Waals surface area contributed by atoms with E-state index >= 15 is 0 Å². The number of likely N-dealkylation sites (N-methyl/N-ethyl adjacent to an activating group) is 1. The highest BCUT2D eigenvalue weighted by atomic mass is 16.5. The van der Waals surface area contributed by atoms with E-state index in [1.54, 1.807) is 22.9 Å². The number of nitrogens with one attached hydrogen (secondary N) is 1. The third kappa shape index (κ3) is 2.27. The van der Waals surface area contributed by atoms with E-state index in [0.29, 0.717) is 12.4 Å². The summed E-state index contributed by atoms with van der Waals surface area (Å²) in [5.41, 5.74) is 2.17. The van der Waals surface area contributed by atoms with Crippen LogP contribution in [-0.2, 0) is 15.0 Å². The quantitative estimate of drug-likeness (QED) is 0.749. The van der Waals surface area contributed by atoms with Gasteiger partial charge in [0.15, 0.2) is 0 Å². The third-order valence-electron chi connectivity index (χ3n) is 5.81. The second-order valence-electron chi connectivity index (χ2n) is 7.21.